The Labute approximate surface area is 116 Å². The second-order valence-electron chi connectivity index (χ2n) is 5.13. The lowest BCUT2D eigenvalue weighted by Crippen LogP contribution is -2.38. The maximum absolute atomic E-state index is 12.4. The van der Waals surface area contributed by atoms with Gasteiger partial charge in [0.05, 0.1) is 5.02 Å². The van der Waals surface area contributed by atoms with Gasteiger partial charge in [-0.3, -0.25) is 4.79 Å². The Morgan fingerprint density at radius 1 is 1.44 bits per heavy atom. The summed E-state index contributed by atoms with van der Waals surface area (Å²) in [6, 6.07) is 1.86. The molecule has 2 saturated heterocycles. The molecule has 18 heavy (non-hydrogen) atoms. The molecule has 0 spiro atoms. The number of carbonyl (C=O) groups excluding carboxylic acids is 1. The van der Waals surface area contributed by atoms with E-state index in [4.69, 9.17) is 23.2 Å². The fourth-order valence-corrected chi connectivity index (χ4v) is 3.42. The van der Waals surface area contributed by atoms with Crippen LogP contribution in [0.15, 0.2) is 6.07 Å². The van der Waals surface area contributed by atoms with Crippen LogP contribution in [0.1, 0.15) is 17.4 Å². The second-order valence-corrected chi connectivity index (χ2v) is 5.91. The van der Waals surface area contributed by atoms with E-state index in [-0.39, 0.29) is 11.9 Å². The van der Waals surface area contributed by atoms with Crippen LogP contribution >= 0.6 is 23.2 Å². The first-order valence-corrected chi connectivity index (χ1v) is 6.89. The molecule has 2 aliphatic rings. The van der Waals surface area contributed by atoms with Crippen LogP contribution in [-0.2, 0) is 0 Å². The molecule has 0 aromatic carbocycles. The fraction of sp³-hybridized carbons (Fsp3) is 0.583. The van der Waals surface area contributed by atoms with Gasteiger partial charge in [-0.2, -0.15) is 0 Å². The second kappa shape index (κ2) is 4.44. The van der Waals surface area contributed by atoms with Crippen molar-refractivity contribution in [1.29, 1.82) is 0 Å². The maximum Gasteiger partial charge on any atom is 0.270 e. The van der Waals surface area contributed by atoms with E-state index >= 15 is 0 Å². The van der Waals surface area contributed by atoms with Gasteiger partial charge in [0.15, 0.2) is 0 Å². The quantitative estimate of drug-likeness (QED) is 0.830. The summed E-state index contributed by atoms with van der Waals surface area (Å²) >= 11 is 11.7. The van der Waals surface area contributed by atoms with Gasteiger partial charge >= 0.3 is 0 Å². The Balaban J connectivity index is 1.81. The monoisotopic (exact) mass is 287 g/mol. The molecule has 2 fully saturated rings. The van der Waals surface area contributed by atoms with E-state index < -0.39 is 0 Å². The highest BCUT2D eigenvalue weighted by Crippen LogP contribution is 2.33. The summed E-state index contributed by atoms with van der Waals surface area (Å²) in [6.07, 6.45) is 0. The van der Waals surface area contributed by atoms with E-state index in [0.29, 0.717) is 27.7 Å². The number of carbonyl (C=O) groups is 1. The third kappa shape index (κ3) is 1.83. The standard InChI is InChI=1S/C12H15Cl2N3O/c1-6-8-4-15-3-7(8)5-17(6)12(18)10-2-9(13)11(14)16-10/h2,6-8,15-16H,3-5H2,1H3. The molecule has 3 atom stereocenters. The van der Waals surface area contributed by atoms with Crippen LogP contribution in [0.4, 0.5) is 0 Å². The number of hydrogen-bond donors (Lipinski definition) is 2. The van der Waals surface area contributed by atoms with Crippen LogP contribution in [0.5, 0.6) is 0 Å². The summed E-state index contributed by atoms with van der Waals surface area (Å²) < 4.78 is 0. The molecule has 2 aliphatic heterocycles. The summed E-state index contributed by atoms with van der Waals surface area (Å²) in [7, 11) is 0. The molecule has 0 radical (unpaired) electrons. The molecule has 1 amide bonds. The van der Waals surface area contributed by atoms with Crippen LogP contribution < -0.4 is 5.32 Å². The number of nitrogens with one attached hydrogen (secondary N) is 2. The molecule has 0 saturated carbocycles. The lowest BCUT2D eigenvalue weighted by molar-refractivity contribution is 0.0723. The van der Waals surface area contributed by atoms with Crippen LogP contribution in [0.25, 0.3) is 0 Å². The molecular weight excluding hydrogens is 273 g/mol. The average Bonchev–Trinajstić information content (AvgIpc) is 2.98. The van der Waals surface area contributed by atoms with Crippen molar-refractivity contribution in [2.75, 3.05) is 19.6 Å². The average molecular weight is 288 g/mol. The number of rotatable bonds is 1. The topological polar surface area (TPSA) is 48.1 Å². The summed E-state index contributed by atoms with van der Waals surface area (Å²) in [6.45, 7) is 4.93. The molecule has 1 aromatic rings. The molecule has 3 rings (SSSR count). The largest absolute Gasteiger partial charge is 0.340 e. The van der Waals surface area contributed by atoms with Crippen molar-refractivity contribution in [2.24, 2.45) is 11.8 Å². The van der Waals surface area contributed by atoms with E-state index in [1.165, 1.54) is 0 Å². The van der Waals surface area contributed by atoms with Crippen LogP contribution in [0.3, 0.4) is 0 Å². The van der Waals surface area contributed by atoms with Gasteiger partial charge in [0.2, 0.25) is 0 Å². The van der Waals surface area contributed by atoms with E-state index in [0.717, 1.165) is 19.6 Å². The first-order chi connectivity index (χ1) is 8.58. The number of hydrogen-bond acceptors (Lipinski definition) is 2. The van der Waals surface area contributed by atoms with Gasteiger partial charge in [0, 0.05) is 25.7 Å². The van der Waals surface area contributed by atoms with E-state index in [1.807, 2.05) is 4.90 Å². The highest BCUT2D eigenvalue weighted by atomic mass is 35.5. The van der Waals surface area contributed by atoms with Gasteiger partial charge < -0.3 is 15.2 Å². The Morgan fingerprint density at radius 2 is 2.22 bits per heavy atom. The number of aromatic amines is 1. The molecule has 6 heteroatoms. The van der Waals surface area contributed by atoms with Crippen LogP contribution in [0.2, 0.25) is 10.2 Å². The molecule has 98 valence electrons. The van der Waals surface area contributed by atoms with Gasteiger partial charge in [-0.05, 0) is 24.8 Å². The van der Waals surface area contributed by atoms with E-state index in [2.05, 4.69) is 17.2 Å². The molecule has 0 bridgehead atoms. The Morgan fingerprint density at radius 3 is 2.83 bits per heavy atom. The maximum atomic E-state index is 12.4. The highest BCUT2D eigenvalue weighted by Gasteiger charge is 2.44. The van der Waals surface area contributed by atoms with Crippen LogP contribution in [-0.4, -0.2) is 41.5 Å². The van der Waals surface area contributed by atoms with E-state index in [9.17, 15) is 4.79 Å². The number of aromatic nitrogens is 1. The third-order valence-electron chi connectivity index (χ3n) is 4.15. The first kappa shape index (κ1) is 12.3. The Kier molecular flexibility index (Phi) is 3.04. The first-order valence-electron chi connectivity index (χ1n) is 6.13. The predicted octanol–water partition coefficient (Wildman–Crippen LogP) is 2.00. The van der Waals surface area contributed by atoms with Crippen LogP contribution in [0, 0.1) is 11.8 Å². The third-order valence-corrected chi connectivity index (χ3v) is 4.84. The van der Waals surface area contributed by atoms with Crippen molar-refractivity contribution in [3.8, 4) is 0 Å². The van der Waals surface area contributed by atoms with E-state index in [1.54, 1.807) is 6.07 Å². The molecular formula is C12H15Cl2N3O. The lowest BCUT2D eigenvalue weighted by atomic mass is 9.95. The number of H-pyrrole nitrogens is 1. The van der Waals surface area contributed by atoms with Gasteiger partial charge in [0.25, 0.3) is 5.91 Å². The predicted molar refractivity (Wildman–Crippen MR) is 71.2 cm³/mol. The SMILES string of the molecule is CC1C2CNCC2CN1C(=O)c1cc(Cl)c(Cl)[nH]1. The number of halogens is 2. The minimum Gasteiger partial charge on any atom is -0.340 e. The zero-order valence-electron chi connectivity index (χ0n) is 10.0. The van der Waals surface area contributed by atoms with Crippen molar-refractivity contribution in [2.45, 2.75) is 13.0 Å². The zero-order chi connectivity index (χ0) is 12.9. The Bertz CT molecular complexity index is 468. The number of fused-ring (bicyclic) bond motifs is 1. The van der Waals surface area contributed by atoms with Gasteiger partial charge in [-0.25, -0.2) is 0 Å². The Hall–Kier alpha value is -0.710. The molecule has 3 heterocycles. The smallest absolute Gasteiger partial charge is 0.270 e. The fourth-order valence-electron chi connectivity index (χ4n) is 3.11. The lowest BCUT2D eigenvalue weighted by Gasteiger charge is -2.23. The van der Waals surface area contributed by atoms with Crippen molar-refractivity contribution < 1.29 is 4.79 Å². The summed E-state index contributed by atoms with van der Waals surface area (Å²) in [5.74, 6) is 1.13. The summed E-state index contributed by atoms with van der Waals surface area (Å²) in [5, 5.41) is 4.10. The van der Waals surface area contributed by atoms with Crippen molar-refractivity contribution in [1.82, 2.24) is 15.2 Å². The number of nitrogens with zero attached hydrogens (tertiary/aromatic N) is 1. The molecule has 0 aliphatic carbocycles. The molecule has 1 aromatic heterocycles. The normalized spacial score (nSPS) is 30.8. The molecule has 3 unspecified atom stereocenters. The molecule has 2 N–H and O–H groups in total. The minimum absolute atomic E-state index is 0.00861. The van der Waals surface area contributed by atoms with Crippen molar-refractivity contribution in [3.05, 3.63) is 21.9 Å². The van der Waals surface area contributed by atoms with Crippen molar-refractivity contribution in [3.63, 3.8) is 0 Å². The van der Waals surface area contributed by atoms with Gasteiger partial charge in [-0.1, -0.05) is 23.2 Å². The highest BCUT2D eigenvalue weighted by molar-refractivity contribution is 6.41. The van der Waals surface area contributed by atoms with Crippen molar-refractivity contribution >= 4 is 29.1 Å². The number of likely N-dealkylation sites (tertiary alicyclic amines) is 1. The van der Waals surface area contributed by atoms with Gasteiger partial charge in [-0.15, -0.1) is 0 Å². The summed E-state index contributed by atoms with van der Waals surface area (Å²) in [4.78, 5) is 17.2. The molecule has 4 nitrogen and oxygen atoms in total. The summed E-state index contributed by atoms with van der Waals surface area (Å²) in [5.41, 5.74) is 0.477. The van der Waals surface area contributed by atoms with Gasteiger partial charge in [0.1, 0.15) is 10.8 Å². The number of amides is 1. The zero-order valence-corrected chi connectivity index (χ0v) is 11.6. The minimum atomic E-state index is -0.00861.